The summed E-state index contributed by atoms with van der Waals surface area (Å²) in [5.74, 6) is -0.959. The number of carboxylic acids is 1. The van der Waals surface area contributed by atoms with E-state index in [9.17, 15) is 9.36 Å². The van der Waals surface area contributed by atoms with Gasteiger partial charge in [-0.3, -0.25) is 4.79 Å². The Kier molecular flexibility index (Phi) is 9.03. The molecule has 0 bridgehead atoms. The van der Waals surface area contributed by atoms with Gasteiger partial charge in [-0.15, -0.1) is 4.67 Å². The second kappa shape index (κ2) is 9.62. The molecule has 0 aliphatic carbocycles. The van der Waals surface area contributed by atoms with Crippen LogP contribution in [0.25, 0.3) is 0 Å². The van der Waals surface area contributed by atoms with Crippen molar-refractivity contribution in [1.82, 2.24) is 0 Å². The van der Waals surface area contributed by atoms with Crippen LogP contribution in [0.3, 0.4) is 0 Å². The van der Waals surface area contributed by atoms with Gasteiger partial charge in [0.05, 0.1) is 6.10 Å². The maximum Gasteiger partial charge on any atom is 0.427 e. The van der Waals surface area contributed by atoms with Crippen molar-refractivity contribution in [3.05, 3.63) is 35.9 Å². The van der Waals surface area contributed by atoms with Crippen LogP contribution < -0.4 is 11.2 Å². The van der Waals surface area contributed by atoms with Gasteiger partial charge in [-0.05, 0) is 25.8 Å². The molecule has 0 radical (unpaired) electrons. The summed E-state index contributed by atoms with van der Waals surface area (Å²) >= 11 is 0. The molecule has 1 aromatic rings. The van der Waals surface area contributed by atoms with Crippen LogP contribution in [0.2, 0.25) is 0 Å². The zero-order valence-electron chi connectivity index (χ0n) is 11.9. The topological polar surface area (TPSA) is 145 Å². The standard InChI is InChI=1S/C9H11NO2.C3H10NO4P/c10-8(9(11)12)6-7-4-2-1-3-5-7;1-3(2)7-8-9(4,5)6/h1-5,8H,6,10H2,(H,11,12);3H,1-2H3,(H3,4,5,6). The Balaban J connectivity index is 0.000000400. The summed E-state index contributed by atoms with van der Waals surface area (Å²) in [5, 5.41) is 8.52. The Labute approximate surface area is 123 Å². The van der Waals surface area contributed by atoms with Gasteiger partial charge in [0.25, 0.3) is 0 Å². The first-order valence-corrected chi connectivity index (χ1v) is 7.75. The van der Waals surface area contributed by atoms with Crippen LogP contribution in [-0.2, 0) is 25.3 Å². The lowest BCUT2D eigenvalue weighted by Gasteiger charge is -2.06. The fourth-order valence-electron chi connectivity index (χ4n) is 1.10. The molecule has 0 aliphatic rings. The van der Waals surface area contributed by atoms with Crippen LogP contribution in [0.4, 0.5) is 0 Å². The van der Waals surface area contributed by atoms with Crippen molar-refractivity contribution in [3.63, 3.8) is 0 Å². The molecule has 2 unspecified atom stereocenters. The van der Waals surface area contributed by atoms with Gasteiger partial charge < -0.3 is 15.7 Å². The van der Waals surface area contributed by atoms with Crippen molar-refractivity contribution in [2.75, 3.05) is 0 Å². The van der Waals surface area contributed by atoms with Gasteiger partial charge >= 0.3 is 13.7 Å². The van der Waals surface area contributed by atoms with Crippen molar-refractivity contribution in [3.8, 4) is 0 Å². The van der Waals surface area contributed by atoms with Crippen LogP contribution in [-0.4, -0.2) is 28.1 Å². The minimum absolute atomic E-state index is 0.269. The molecule has 0 aliphatic heterocycles. The van der Waals surface area contributed by atoms with E-state index in [4.69, 9.17) is 15.7 Å². The summed E-state index contributed by atoms with van der Waals surface area (Å²) in [5.41, 5.74) is 10.8. The molecule has 21 heavy (non-hydrogen) atoms. The molecule has 0 heterocycles. The average molecular weight is 320 g/mol. The second-order valence-corrected chi connectivity index (χ2v) is 5.70. The molecule has 6 N–H and O–H groups in total. The van der Waals surface area contributed by atoms with Gasteiger partial charge in [-0.2, -0.15) is 0 Å². The lowest BCUT2D eigenvalue weighted by molar-refractivity contribution is -0.240. The highest BCUT2D eigenvalue weighted by atomic mass is 31.2. The summed E-state index contributed by atoms with van der Waals surface area (Å²) in [4.78, 5) is 22.9. The maximum absolute atomic E-state index is 10.4. The van der Waals surface area contributed by atoms with Gasteiger partial charge in [0.2, 0.25) is 0 Å². The molecular formula is C12H21N2O6P. The van der Waals surface area contributed by atoms with Crippen molar-refractivity contribution in [2.45, 2.75) is 32.4 Å². The van der Waals surface area contributed by atoms with E-state index in [1.54, 1.807) is 13.8 Å². The van der Waals surface area contributed by atoms with E-state index in [0.29, 0.717) is 6.42 Å². The van der Waals surface area contributed by atoms with E-state index >= 15 is 0 Å². The van der Waals surface area contributed by atoms with E-state index in [1.165, 1.54) is 0 Å². The Bertz CT molecular complexity index is 462. The Morgan fingerprint density at radius 2 is 1.86 bits per heavy atom. The number of aliphatic carboxylic acids is 1. The highest BCUT2D eigenvalue weighted by Crippen LogP contribution is 2.31. The Morgan fingerprint density at radius 1 is 1.33 bits per heavy atom. The fourth-order valence-corrected chi connectivity index (χ4v) is 1.40. The van der Waals surface area contributed by atoms with E-state index in [-0.39, 0.29) is 6.10 Å². The summed E-state index contributed by atoms with van der Waals surface area (Å²) in [6, 6.07) is 8.54. The molecule has 0 aromatic heterocycles. The highest BCUT2D eigenvalue weighted by Gasteiger charge is 2.12. The van der Waals surface area contributed by atoms with Crippen LogP contribution in [0.1, 0.15) is 19.4 Å². The molecule has 0 saturated heterocycles. The first kappa shape index (κ1) is 19.7. The molecule has 9 heteroatoms. The normalized spacial score (nSPS) is 14.8. The predicted octanol–water partition coefficient (Wildman–Crippen LogP) is 1.04. The molecule has 2 atom stereocenters. The molecule has 1 aromatic carbocycles. The largest absolute Gasteiger partial charge is 0.480 e. The smallest absolute Gasteiger partial charge is 0.427 e. The molecule has 0 saturated carbocycles. The molecule has 1 rings (SSSR count). The molecule has 120 valence electrons. The van der Waals surface area contributed by atoms with E-state index in [1.807, 2.05) is 30.3 Å². The zero-order valence-corrected chi connectivity index (χ0v) is 12.8. The predicted molar refractivity (Wildman–Crippen MR) is 77.1 cm³/mol. The summed E-state index contributed by atoms with van der Waals surface area (Å²) in [6.07, 6.45) is 0.116. The fraction of sp³-hybridized carbons (Fsp3) is 0.417. The molecule has 0 spiro atoms. The number of carboxylic acid groups (broad SMARTS) is 1. The zero-order chi connectivity index (χ0) is 16.5. The first-order chi connectivity index (χ1) is 9.61. The first-order valence-electron chi connectivity index (χ1n) is 6.10. The minimum Gasteiger partial charge on any atom is -0.480 e. The van der Waals surface area contributed by atoms with E-state index in [2.05, 4.69) is 15.1 Å². The number of carbonyl (C=O) groups is 1. The third kappa shape index (κ3) is 12.2. The molecule has 8 nitrogen and oxygen atoms in total. The summed E-state index contributed by atoms with van der Waals surface area (Å²) in [7, 11) is -3.94. The number of rotatable bonds is 6. The second-order valence-electron chi connectivity index (χ2n) is 4.42. The van der Waals surface area contributed by atoms with Crippen LogP contribution in [0, 0.1) is 0 Å². The van der Waals surface area contributed by atoms with Gasteiger partial charge in [0.1, 0.15) is 6.04 Å². The number of hydrogen-bond donors (Lipinski definition) is 4. The molecule has 0 amide bonds. The Hall–Kier alpha value is -1.28. The highest BCUT2D eigenvalue weighted by molar-refractivity contribution is 7.49. The van der Waals surface area contributed by atoms with Gasteiger partial charge in [-0.1, -0.05) is 30.3 Å². The molecule has 0 fully saturated rings. The Morgan fingerprint density at radius 3 is 2.19 bits per heavy atom. The van der Waals surface area contributed by atoms with Crippen molar-refractivity contribution in [1.29, 1.82) is 0 Å². The monoisotopic (exact) mass is 320 g/mol. The number of nitrogens with two attached hydrogens (primary N) is 2. The van der Waals surface area contributed by atoms with Gasteiger partial charge in [-0.25, -0.2) is 15.0 Å². The van der Waals surface area contributed by atoms with Crippen LogP contribution >= 0.6 is 7.75 Å². The summed E-state index contributed by atoms with van der Waals surface area (Å²) < 4.78 is 14.0. The average Bonchev–Trinajstić information content (AvgIpc) is 2.37. The van der Waals surface area contributed by atoms with Gasteiger partial charge in [0.15, 0.2) is 0 Å². The third-order valence-corrected chi connectivity index (χ3v) is 2.26. The quantitative estimate of drug-likeness (QED) is 0.345. The van der Waals surface area contributed by atoms with E-state index in [0.717, 1.165) is 5.56 Å². The maximum atomic E-state index is 10.4. The van der Waals surface area contributed by atoms with Crippen molar-refractivity contribution < 1.29 is 28.9 Å². The minimum atomic E-state index is -3.94. The van der Waals surface area contributed by atoms with Crippen LogP contribution in [0.15, 0.2) is 30.3 Å². The third-order valence-electron chi connectivity index (χ3n) is 1.96. The summed E-state index contributed by atoms with van der Waals surface area (Å²) in [6.45, 7) is 3.30. The van der Waals surface area contributed by atoms with E-state index < -0.39 is 19.8 Å². The number of hydrogen-bond acceptors (Lipinski definition) is 5. The number of benzene rings is 1. The van der Waals surface area contributed by atoms with Crippen LogP contribution in [0.5, 0.6) is 0 Å². The SMILES string of the molecule is CC(C)OOP(N)(=O)O.NC(Cc1ccccc1)C(=O)O. The lowest BCUT2D eigenvalue weighted by atomic mass is 10.1. The molecular weight excluding hydrogens is 299 g/mol. The van der Waals surface area contributed by atoms with Crippen molar-refractivity contribution in [2.24, 2.45) is 11.2 Å². The lowest BCUT2D eigenvalue weighted by Crippen LogP contribution is -2.32. The van der Waals surface area contributed by atoms with Gasteiger partial charge in [0, 0.05) is 0 Å². The van der Waals surface area contributed by atoms with Crippen molar-refractivity contribution >= 4 is 13.7 Å².